The van der Waals surface area contributed by atoms with Crippen molar-refractivity contribution in [2.75, 3.05) is 13.7 Å². The van der Waals surface area contributed by atoms with E-state index in [9.17, 15) is 13.2 Å². The number of ether oxygens (including phenoxy) is 1. The molecule has 2 atom stereocenters. The molecule has 0 unspecified atom stereocenters. The molecule has 0 N–H and O–H groups in total. The van der Waals surface area contributed by atoms with Crippen LogP contribution in [0.5, 0.6) is 0 Å². The van der Waals surface area contributed by atoms with Crippen LogP contribution in [0.3, 0.4) is 0 Å². The Labute approximate surface area is 120 Å². The molecule has 0 aromatic heterocycles. The number of benzene rings is 1. The van der Waals surface area contributed by atoms with Gasteiger partial charge in [-0.15, -0.1) is 0 Å². The summed E-state index contributed by atoms with van der Waals surface area (Å²) in [5.41, 5.74) is 0.522. The first-order valence-corrected chi connectivity index (χ1v) is 7.96. The smallest absolute Gasteiger partial charge is 0.310 e. The maximum Gasteiger partial charge on any atom is 0.310 e. The van der Waals surface area contributed by atoms with Gasteiger partial charge in [0.05, 0.1) is 19.6 Å². The van der Waals surface area contributed by atoms with E-state index >= 15 is 0 Å². The minimum absolute atomic E-state index is 0.212. The second-order valence-corrected chi connectivity index (χ2v) is 6.08. The fourth-order valence-electron chi connectivity index (χ4n) is 2.10. The molecule has 0 aliphatic rings. The predicted molar refractivity (Wildman–Crippen MR) is 75.5 cm³/mol. The van der Waals surface area contributed by atoms with Gasteiger partial charge in [0.2, 0.25) is 0 Å². The van der Waals surface area contributed by atoms with Gasteiger partial charge < -0.3 is 4.74 Å². The average Bonchev–Trinajstić information content (AvgIpc) is 2.45. The van der Waals surface area contributed by atoms with Crippen molar-refractivity contribution in [2.24, 2.45) is 5.92 Å². The first-order valence-electron chi connectivity index (χ1n) is 6.48. The third kappa shape index (κ3) is 3.80. The third-order valence-corrected chi connectivity index (χ3v) is 4.75. The highest BCUT2D eigenvalue weighted by atomic mass is 32.2. The second kappa shape index (κ2) is 7.40. The lowest BCUT2D eigenvalue weighted by atomic mass is 9.96. The number of hydrogen-bond acceptors (Lipinski definition) is 5. The van der Waals surface area contributed by atoms with Crippen LogP contribution in [0.4, 0.5) is 0 Å². The van der Waals surface area contributed by atoms with Gasteiger partial charge >= 0.3 is 5.97 Å². The Morgan fingerprint density at radius 1 is 1.20 bits per heavy atom. The Morgan fingerprint density at radius 3 is 2.25 bits per heavy atom. The van der Waals surface area contributed by atoms with Crippen molar-refractivity contribution in [3.63, 3.8) is 0 Å². The Balaban J connectivity index is 3.27. The van der Waals surface area contributed by atoms with E-state index in [0.717, 1.165) is 7.11 Å². The summed E-state index contributed by atoms with van der Waals surface area (Å²) in [5.74, 6) is -1.31. The van der Waals surface area contributed by atoms with Crippen molar-refractivity contribution < 1.29 is 22.1 Å². The fourth-order valence-corrected chi connectivity index (χ4v) is 3.50. The highest BCUT2D eigenvalue weighted by Gasteiger charge is 2.39. The molecule has 5 nitrogen and oxygen atoms in total. The minimum Gasteiger partial charge on any atom is -0.466 e. The number of carbonyl (C=O) groups excluding carboxylic acids is 1. The maximum atomic E-state index is 12.2. The van der Waals surface area contributed by atoms with Crippen LogP contribution in [0, 0.1) is 5.92 Å². The zero-order chi connectivity index (χ0) is 15.2. The van der Waals surface area contributed by atoms with Gasteiger partial charge in [0.25, 0.3) is 10.1 Å². The summed E-state index contributed by atoms with van der Waals surface area (Å²) in [6.45, 7) is 3.65. The molecule has 1 rings (SSSR count). The molecule has 0 amide bonds. The van der Waals surface area contributed by atoms with E-state index in [2.05, 4.69) is 4.18 Å². The zero-order valence-electron chi connectivity index (χ0n) is 11.9. The molecular weight excluding hydrogens is 280 g/mol. The highest BCUT2D eigenvalue weighted by molar-refractivity contribution is 7.87. The molecule has 0 spiro atoms. The van der Waals surface area contributed by atoms with Crippen LogP contribution in [0.25, 0.3) is 0 Å². The molecule has 0 aliphatic carbocycles. The van der Waals surface area contributed by atoms with Gasteiger partial charge in [-0.2, -0.15) is 8.42 Å². The van der Waals surface area contributed by atoms with Crippen molar-refractivity contribution in [3.8, 4) is 0 Å². The summed E-state index contributed by atoms with van der Waals surface area (Å²) < 4.78 is 34.0. The van der Waals surface area contributed by atoms with E-state index in [-0.39, 0.29) is 6.61 Å². The molecule has 0 radical (unpaired) electrons. The average molecular weight is 300 g/mol. The second-order valence-electron chi connectivity index (χ2n) is 4.26. The molecule has 0 saturated carbocycles. The summed E-state index contributed by atoms with van der Waals surface area (Å²) in [6.07, 6.45) is 0.348. The van der Waals surface area contributed by atoms with Crippen molar-refractivity contribution in [1.29, 1.82) is 0 Å². The first kappa shape index (κ1) is 16.7. The van der Waals surface area contributed by atoms with Crippen LogP contribution in [-0.4, -0.2) is 28.1 Å². The van der Waals surface area contributed by atoms with Crippen molar-refractivity contribution in [2.45, 2.75) is 25.5 Å². The van der Waals surface area contributed by atoms with Gasteiger partial charge in [0.1, 0.15) is 5.25 Å². The van der Waals surface area contributed by atoms with Crippen LogP contribution >= 0.6 is 0 Å². The first-order chi connectivity index (χ1) is 9.47. The molecule has 20 heavy (non-hydrogen) atoms. The van der Waals surface area contributed by atoms with Gasteiger partial charge in [0.15, 0.2) is 0 Å². The van der Waals surface area contributed by atoms with E-state index < -0.39 is 27.3 Å². The number of esters is 1. The maximum absolute atomic E-state index is 12.2. The Bertz CT molecular complexity index is 524. The van der Waals surface area contributed by atoms with Crippen LogP contribution in [0.1, 0.15) is 31.1 Å². The third-order valence-electron chi connectivity index (χ3n) is 3.07. The summed E-state index contributed by atoms with van der Waals surface area (Å²) >= 11 is 0. The number of carbonyl (C=O) groups is 1. The minimum atomic E-state index is -3.89. The standard InChI is InChI=1S/C14H20O5S/c1-4-12(14(15)19-5-2)13(20(16,17)18-3)11-9-7-6-8-10-11/h6-10,12-13H,4-5H2,1-3H3/t12-,13-/m0/s1. The molecule has 1 aromatic carbocycles. The molecule has 112 valence electrons. The summed E-state index contributed by atoms with van der Waals surface area (Å²) in [7, 11) is -2.79. The summed E-state index contributed by atoms with van der Waals surface area (Å²) in [4.78, 5) is 12.0. The Morgan fingerprint density at radius 2 is 1.80 bits per heavy atom. The van der Waals surface area contributed by atoms with Crippen molar-refractivity contribution in [3.05, 3.63) is 35.9 Å². The monoisotopic (exact) mass is 300 g/mol. The van der Waals surface area contributed by atoms with Gasteiger partial charge in [-0.05, 0) is 18.9 Å². The van der Waals surface area contributed by atoms with E-state index in [1.165, 1.54) is 0 Å². The topological polar surface area (TPSA) is 69.7 Å². The Hall–Kier alpha value is -1.40. The SMILES string of the molecule is CCOC(=O)[C@@H](CC)[C@H](c1ccccc1)S(=O)(=O)OC. The number of hydrogen-bond donors (Lipinski definition) is 0. The van der Waals surface area contributed by atoms with Gasteiger partial charge in [-0.25, -0.2) is 0 Å². The molecule has 0 aliphatic heterocycles. The lowest BCUT2D eigenvalue weighted by Gasteiger charge is -2.23. The van der Waals surface area contributed by atoms with E-state index in [1.54, 1.807) is 44.2 Å². The van der Waals surface area contributed by atoms with E-state index in [0.29, 0.717) is 12.0 Å². The molecule has 1 aromatic rings. The number of rotatable bonds is 7. The van der Waals surface area contributed by atoms with Crippen LogP contribution < -0.4 is 0 Å². The Kier molecular flexibility index (Phi) is 6.16. The van der Waals surface area contributed by atoms with E-state index in [4.69, 9.17) is 4.74 Å². The normalized spacial score (nSPS) is 14.6. The predicted octanol–water partition coefficient (Wildman–Crippen LogP) is 2.29. The zero-order valence-corrected chi connectivity index (χ0v) is 12.7. The van der Waals surface area contributed by atoms with Crippen LogP contribution in [0.15, 0.2) is 30.3 Å². The molecular formula is C14H20O5S. The van der Waals surface area contributed by atoms with Gasteiger partial charge in [-0.1, -0.05) is 37.3 Å². The molecule has 6 heteroatoms. The molecule has 0 saturated heterocycles. The quantitative estimate of drug-likeness (QED) is 0.571. The van der Waals surface area contributed by atoms with Gasteiger partial charge in [0, 0.05) is 0 Å². The fraction of sp³-hybridized carbons (Fsp3) is 0.500. The lowest BCUT2D eigenvalue weighted by Crippen LogP contribution is -2.30. The summed E-state index contributed by atoms with van der Waals surface area (Å²) in [5, 5.41) is -1.06. The largest absolute Gasteiger partial charge is 0.466 e. The van der Waals surface area contributed by atoms with Crippen molar-refractivity contribution >= 4 is 16.1 Å². The summed E-state index contributed by atoms with van der Waals surface area (Å²) in [6, 6.07) is 8.58. The van der Waals surface area contributed by atoms with Crippen LogP contribution in [-0.2, 0) is 23.8 Å². The molecule has 0 heterocycles. The molecule has 0 bridgehead atoms. The van der Waals surface area contributed by atoms with Gasteiger partial charge in [-0.3, -0.25) is 8.98 Å². The molecule has 0 fully saturated rings. The highest BCUT2D eigenvalue weighted by Crippen LogP contribution is 2.34. The van der Waals surface area contributed by atoms with Crippen molar-refractivity contribution in [1.82, 2.24) is 0 Å². The van der Waals surface area contributed by atoms with Crippen LogP contribution in [0.2, 0.25) is 0 Å². The lowest BCUT2D eigenvalue weighted by molar-refractivity contribution is -0.148. The van der Waals surface area contributed by atoms with E-state index in [1.807, 2.05) is 0 Å².